The summed E-state index contributed by atoms with van der Waals surface area (Å²) in [6.45, 7) is 6.25. The number of H-pyrrole nitrogens is 1. The third kappa shape index (κ3) is 11.4. The van der Waals surface area contributed by atoms with Gasteiger partial charge in [-0.3, -0.25) is 14.4 Å². The molecule has 4 atom stereocenters. The summed E-state index contributed by atoms with van der Waals surface area (Å²) in [7, 11) is 0. The summed E-state index contributed by atoms with van der Waals surface area (Å²) < 4.78 is 5.46. The van der Waals surface area contributed by atoms with Crippen LogP contribution >= 0.6 is 0 Å². The molecule has 4 amide bonds. The number of nitrogens with one attached hydrogen (secondary N) is 5. The van der Waals surface area contributed by atoms with Crippen LogP contribution in [0.25, 0.3) is 10.8 Å². The number of alkyl carbamates (subject to hydrolysis) is 1. The van der Waals surface area contributed by atoms with Gasteiger partial charge in [0.15, 0.2) is 6.10 Å². The van der Waals surface area contributed by atoms with Gasteiger partial charge in [0.1, 0.15) is 18.7 Å². The highest BCUT2D eigenvalue weighted by atomic mass is 16.5. The van der Waals surface area contributed by atoms with Crippen molar-refractivity contribution < 1.29 is 29.0 Å². The van der Waals surface area contributed by atoms with E-state index >= 15 is 0 Å². The number of aromatic amines is 1. The number of imidazole rings is 1. The van der Waals surface area contributed by atoms with Gasteiger partial charge in [-0.1, -0.05) is 100.0 Å². The summed E-state index contributed by atoms with van der Waals surface area (Å²) in [5.74, 6) is -1.76. The monoisotopic (exact) mass is 684 g/mol. The minimum absolute atomic E-state index is 0.00568. The minimum atomic E-state index is -1.50. The molecule has 266 valence electrons. The number of aromatic nitrogens is 2. The van der Waals surface area contributed by atoms with Crippen molar-refractivity contribution >= 4 is 34.6 Å². The Morgan fingerprint density at radius 1 is 0.840 bits per heavy atom. The first-order valence-electron chi connectivity index (χ1n) is 17.1. The molecule has 3 aromatic carbocycles. The predicted octanol–water partition coefficient (Wildman–Crippen LogP) is 3.94. The lowest BCUT2D eigenvalue weighted by atomic mass is 9.97. The molecule has 6 N–H and O–H groups in total. The summed E-state index contributed by atoms with van der Waals surface area (Å²) in [6.07, 6.45) is 2.80. The topological polar surface area (TPSA) is 175 Å². The molecule has 0 saturated heterocycles. The van der Waals surface area contributed by atoms with E-state index in [9.17, 15) is 24.3 Å². The van der Waals surface area contributed by atoms with Crippen LogP contribution in [0.5, 0.6) is 0 Å². The van der Waals surface area contributed by atoms with Gasteiger partial charge in [-0.15, -0.1) is 0 Å². The molecule has 0 spiro atoms. The second-order valence-electron chi connectivity index (χ2n) is 12.8. The van der Waals surface area contributed by atoms with Crippen LogP contribution in [0, 0.1) is 5.92 Å². The number of ether oxygens (including phenoxy) is 1. The standard InChI is InChI=1S/C38H48N6O6/c1-4-5-18-40-37(48)34(45)31(19-25(2)3)42-36(47)33(21-29-22-39-24-41-29)43-35(46)32(44-38(49)50-23-26-12-7-6-8-13-26)20-28-16-11-15-27-14-9-10-17-30(27)28/h6-17,22,24-25,31-34,45H,4-5,18-21,23H2,1-3H3,(H,39,41)(H,40,48)(H,42,47)(H,43,46)(H,44,49)/t31-,32-,33-,34-/m0/s1. The van der Waals surface area contributed by atoms with E-state index in [1.54, 1.807) is 6.20 Å². The van der Waals surface area contributed by atoms with E-state index in [0.717, 1.165) is 34.7 Å². The molecular formula is C38H48N6O6. The number of carbonyl (C=O) groups excluding carboxylic acids is 4. The maximum absolute atomic E-state index is 14.1. The first-order valence-corrected chi connectivity index (χ1v) is 17.1. The SMILES string of the molecule is CCCCNC(=O)[C@@H](O)[C@H](CC(C)C)NC(=O)[C@H](Cc1cnc[nH]1)NC(=O)[C@H](Cc1cccc2ccccc12)NC(=O)OCc1ccccc1. The second-order valence-corrected chi connectivity index (χ2v) is 12.8. The maximum atomic E-state index is 14.1. The van der Waals surface area contributed by atoms with Gasteiger partial charge in [-0.05, 0) is 40.7 Å². The summed E-state index contributed by atoms with van der Waals surface area (Å²) in [5.41, 5.74) is 2.17. The van der Waals surface area contributed by atoms with Crippen LogP contribution in [-0.2, 0) is 38.6 Å². The number of carbonyl (C=O) groups is 4. The molecule has 50 heavy (non-hydrogen) atoms. The smallest absolute Gasteiger partial charge is 0.408 e. The lowest BCUT2D eigenvalue weighted by Crippen LogP contribution is -2.58. The third-order valence-corrected chi connectivity index (χ3v) is 8.27. The zero-order valence-corrected chi connectivity index (χ0v) is 28.9. The van der Waals surface area contributed by atoms with Crippen LogP contribution in [0.4, 0.5) is 4.79 Å². The number of fused-ring (bicyclic) bond motifs is 1. The fourth-order valence-corrected chi connectivity index (χ4v) is 5.64. The molecule has 12 nitrogen and oxygen atoms in total. The molecule has 4 aromatic rings. The quantitative estimate of drug-likeness (QED) is 0.0861. The Balaban J connectivity index is 1.57. The third-order valence-electron chi connectivity index (χ3n) is 8.27. The van der Waals surface area contributed by atoms with Gasteiger partial charge in [-0.25, -0.2) is 9.78 Å². The van der Waals surface area contributed by atoms with E-state index in [-0.39, 0.29) is 25.4 Å². The van der Waals surface area contributed by atoms with Crippen molar-refractivity contribution in [2.24, 2.45) is 5.92 Å². The fourth-order valence-electron chi connectivity index (χ4n) is 5.64. The predicted molar refractivity (Wildman–Crippen MR) is 191 cm³/mol. The normalized spacial score (nSPS) is 13.5. The molecule has 0 fully saturated rings. The van der Waals surface area contributed by atoms with Crippen LogP contribution in [0.3, 0.4) is 0 Å². The number of hydrogen-bond donors (Lipinski definition) is 6. The van der Waals surface area contributed by atoms with Gasteiger partial charge in [0, 0.05) is 31.3 Å². The summed E-state index contributed by atoms with van der Waals surface area (Å²) in [5, 5.41) is 23.9. The Labute approximate surface area is 292 Å². The summed E-state index contributed by atoms with van der Waals surface area (Å²) >= 11 is 0. The van der Waals surface area contributed by atoms with Gasteiger partial charge in [-0.2, -0.15) is 0 Å². The number of benzene rings is 3. The molecule has 0 radical (unpaired) electrons. The molecule has 0 aliphatic carbocycles. The zero-order chi connectivity index (χ0) is 35.9. The van der Waals surface area contributed by atoms with Gasteiger partial charge < -0.3 is 36.1 Å². The molecule has 12 heteroatoms. The number of hydrogen-bond acceptors (Lipinski definition) is 7. The van der Waals surface area contributed by atoms with Crippen LogP contribution in [0.1, 0.15) is 56.9 Å². The number of amides is 4. The molecule has 1 heterocycles. The van der Waals surface area contributed by atoms with Gasteiger partial charge >= 0.3 is 6.09 Å². The van der Waals surface area contributed by atoms with Gasteiger partial charge in [0.25, 0.3) is 5.91 Å². The molecule has 0 aliphatic rings. The highest BCUT2D eigenvalue weighted by Crippen LogP contribution is 2.20. The van der Waals surface area contributed by atoms with Gasteiger partial charge in [0.2, 0.25) is 11.8 Å². The molecular weight excluding hydrogens is 636 g/mol. The van der Waals surface area contributed by atoms with E-state index in [1.165, 1.54) is 6.33 Å². The molecule has 1 aromatic heterocycles. The number of rotatable bonds is 18. The van der Waals surface area contributed by atoms with Crippen molar-refractivity contribution in [3.05, 3.63) is 102 Å². The van der Waals surface area contributed by atoms with Crippen molar-refractivity contribution in [3.63, 3.8) is 0 Å². The first kappa shape index (κ1) is 37.6. The molecule has 0 bridgehead atoms. The van der Waals surface area contributed by atoms with Crippen molar-refractivity contribution in [3.8, 4) is 0 Å². The van der Waals surface area contributed by atoms with E-state index in [1.807, 2.05) is 93.6 Å². The van der Waals surface area contributed by atoms with Gasteiger partial charge in [0.05, 0.1) is 12.4 Å². The number of unbranched alkanes of at least 4 members (excludes halogenated alkanes) is 1. The van der Waals surface area contributed by atoms with E-state index in [2.05, 4.69) is 31.2 Å². The van der Waals surface area contributed by atoms with E-state index < -0.39 is 48.0 Å². The van der Waals surface area contributed by atoms with Crippen molar-refractivity contribution in [2.45, 2.75) is 83.7 Å². The molecule has 0 saturated carbocycles. The molecule has 0 unspecified atom stereocenters. The fraction of sp³-hybridized carbons (Fsp3) is 0.395. The average molecular weight is 685 g/mol. The van der Waals surface area contributed by atoms with E-state index in [0.29, 0.717) is 18.7 Å². The van der Waals surface area contributed by atoms with Crippen molar-refractivity contribution in [2.75, 3.05) is 6.54 Å². The van der Waals surface area contributed by atoms with E-state index in [4.69, 9.17) is 4.74 Å². The second kappa shape index (κ2) is 19.1. The molecule has 4 rings (SSSR count). The lowest BCUT2D eigenvalue weighted by molar-refractivity contribution is -0.134. The summed E-state index contributed by atoms with van der Waals surface area (Å²) in [4.78, 5) is 60.8. The Morgan fingerprint density at radius 3 is 2.26 bits per heavy atom. The Hall–Kier alpha value is -5.23. The number of aliphatic hydroxyl groups is 1. The maximum Gasteiger partial charge on any atom is 0.408 e. The zero-order valence-electron chi connectivity index (χ0n) is 28.9. The Kier molecular flexibility index (Phi) is 14.3. The van der Waals surface area contributed by atoms with Crippen LogP contribution < -0.4 is 21.3 Å². The lowest BCUT2D eigenvalue weighted by Gasteiger charge is -2.28. The highest BCUT2D eigenvalue weighted by Gasteiger charge is 2.33. The minimum Gasteiger partial charge on any atom is -0.445 e. The Bertz CT molecular complexity index is 1670. The number of aliphatic hydroxyl groups excluding tert-OH is 1. The van der Waals surface area contributed by atoms with Crippen molar-refractivity contribution in [1.29, 1.82) is 0 Å². The number of nitrogens with zero attached hydrogens (tertiary/aromatic N) is 1. The first-order chi connectivity index (χ1) is 24.1. The van der Waals surface area contributed by atoms with Crippen LogP contribution in [0.2, 0.25) is 0 Å². The van der Waals surface area contributed by atoms with Crippen LogP contribution in [-0.4, -0.2) is 69.7 Å². The Morgan fingerprint density at radius 2 is 1.54 bits per heavy atom. The van der Waals surface area contributed by atoms with Crippen LogP contribution in [0.15, 0.2) is 85.3 Å². The average Bonchev–Trinajstić information content (AvgIpc) is 3.63. The largest absolute Gasteiger partial charge is 0.445 e. The highest BCUT2D eigenvalue weighted by molar-refractivity contribution is 5.93. The molecule has 0 aliphatic heterocycles. The summed E-state index contributed by atoms with van der Waals surface area (Å²) in [6, 6.07) is 19.5. The van der Waals surface area contributed by atoms with Crippen molar-refractivity contribution in [1.82, 2.24) is 31.2 Å².